The molecule has 0 aliphatic carbocycles. The molecule has 1 aromatic heterocycles. The molecule has 1 aliphatic heterocycles. The van der Waals surface area contributed by atoms with Gasteiger partial charge in [-0.2, -0.15) is 0 Å². The molecule has 2 N–H and O–H groups in total. The van der Waals surface area contributed by atoms with Gasteiger partial charge in [0, 0.05) is 12.6 Å². The minimum absolute atomic E-state index is 0.132. The summed E-state index contributed by atoms with van der Waals surface area (Å²) < 4.78 is 0. The molecule has 1 aromatic rings. The number of hydrogen-bond acceptors (Lipinski definition) is 4. The molecule has 1 fully saturated rings. The van der Waals surface area contributed by atoms with Gasteiger partial charge in [-0.3, -0.25) is 14.5 Å². The fraction of sp³-hybridized carbons (Fsp3) is 0.647. The van der Waals surface area contributed by atoms with Crippen LogP contribution in [-0.4, -0.2) is 48.4 Å². The van der Waals surface area contributed by atoms with Crippen LogP contribution in [0.3, 0.4) is 0 Å². The van der Waals surface area contributed by atoms with E-state index in [-0.39, 0.29) is 11.8 Å². The van der Waals surface area contributed by atoms with E-state index < -0.39 is 6.04 Å². The van der Waals surface area contributed by atoms with Crippen molar-refractivity contribution in [3.63, 3.8) is 0 Å². The molecule has 0 unspecified atom stereocenters. The van der Waals surface area contributed by atoms with Crippen LogP contribution in [-0.2, 0) is 4.79 Å². The van der Waals surface area contributed by atoms with Gasteiger partial charge in [-0.05, 0) is 57.1 Å². The second-order valence-electron chi connectivity index (χ2n) is 6.49. The maximum Gasteiger partial charge on any atom is 0.261 e. The Morgan fingerprint density at radius 1 is 1.35 bits per heavy atom. The lowest BCUT2D eigenvalue weighted by molar-refractivity contribution is -0.122. The number of carbonyl (C=O) groups excluding carboxylic acids is 2. The highest BCUT2D eigenvalue weighted by Gasteiger charge is 2.22. The highest BCUT2D eigenvalue weighted by atomic mass is 32.1. The number of thiophene rings is 1. The second kappa shape index (κ2) is 8.45. The minimum Gasteiger partial charge on any atom is -0.353 e. The standard InChI is InChI=1S/C17H27N3O2S/c1-12-6-8-20(9-7-12)13(2)11-18-16(21)14(3)19-17(22)15-5-4-10-23-15/h4-5,10,12-14H,6-9,11H2,1-3H3,(H,18,21)(H,19,22)/t13-,14-/m1/s1. The number of piperidine rings is 1. The summed E-state index contributed by atoms with van der Waals surface area (Å²) in [6.45, 7) is 8.97. The Morgan fingerprint density at radius 2 is 2.04 bits per heavy atom. The van der Waals surface area contributed by atoms with Crippen LogP contribution in [0.15, 0.2) is 17.5 Å². The molecule has 1 saturated heterocycles. The maximum absolute atomic E-state index is 12.1. The Labute approximate surface area is 142 Å². The molecule has 2 heterocycles. The Morgan fingerprint density at radius 3 is 2.65 bits per heavy atom. The summed E-state index contributed by atoms with van der Waals surface area (Å²) in [4.78, 5) is 27.1. The zero-order valence-corrected chi connectivity index (χ0v) is 15.0. The number of likely N-dealkylation sites (tertiary alicyclic amines) is 1. The molecule has 1 aliphatic rings. The lowest BCUT2D eigenvalue weighted by atomic mass is 9.98. The largest absolute Gasteiger partial charge is 0.353 e. The van der Waals surface area contributed by atoms with E-state index in [1.165, 1.54) is 24.2 Å². The number of amides is 2. The van der Waals surface area contributed by atoms with Gasteiger partial charge in [0.15, 0.2) is 0 Å². The SMILES string of the molecule is CC1CCN([C@H](C)CNC(=O)[C@@H](C)NC(=O)c2cccs2)CC1. The predicted octanol–water partition coefficient (Wildman–Crippen LogP) is 2.10. The minimum atomic E-state index is -0.529. The summed E-state index contributed by atoms with van der Waals surface area (Å²) in [6.07, 6.45) is 2.46. The molecule has 0 saturated carbocycles. The normalized spacial score (nSPS) is 19.1. The molecule has 2 rings (SSSR count). The number of rotatable bonds is 6. The average molecular weight is 337 g/mol. The van der Waals surface area contributed by atoms with E-state index in [4.69, 9.17) is 0 Å². The van der Waals surface area contributed by atoms with Crippen molar-refractivity contribution < 1.29 is 9.59 Å². The van der Waals surface area contributed by atoms with Gasteiger partial charge in [0.25, 0.3) is 5.91 Å². The van der Waals surface area contributed by atoms with Crippen molar-refractivity contribution >= 4 is 23.2 Å². The molecular weight excluding hydrogens is 310 g/mol. The van der Waals surface area contributed by atoms with Crippen LogP contribution in [0.1, 0.15) is 43.3 Å². The molecule has 23 heavy (non-hydrogen) atoms. The van der Waals surface area contributed by atoms with Crippen molar-refractivity contribution in [3.05, 3.63) is 22.4 Å². The van der Waals surface area contributed by atoms with Crippen molar-refractivity contribution in [2.45, 2.75) is 45.7 Å². The monoisotopic (exact) mass is 337 g/mol. The summed E-state index contributed by atoms with van der Waals surface area (Å²) in [5.74, 6) is 0.480. The molecule has 6 heteroatoms. The predicted molar refractivity (Wildman–Crippen MR) is 93.7 cm³/mol. The first-order valence-electron chi connectivity index (χ1n) is 8.33. The van der Waals surface area contributed by atoms with Crippen LogP contribution in [0.25, 0.3) is 0 Å². The van der Waals surface area contributed by atoms with Crippen molar-refractivity contribution in [1.29, 1.82) is 0 Å². The van der Waals surface area contributed by atoms with Gasteiger partial charge in [-0.25, -0.2) is 0 Å². The highest BCUT2D eigenvalue weighted by Crippen LogP contribution is 2.17. The molecular formula is C17H27N3O2S. The smallest absolute Gasteiger partial charge is 0.261 e. The Hall–Kier alpha value is -1.40. The molecule has 2 amide bonds. The molecule has 128 valence electrons. The number of nitrogens with one attached hydrogen (secondary N) is 2. The third-order valence-corrected chi connectivity index (χ3v) is 5.37. The van der Waals surface area contributed by atoms with Crippen molar-refractivity contribution in [1.82, 2.24) is 15.5 Å². The van der Waals surface area contributed by atoms with E-state index in [0.29, 0.717) is 17.5 Å². The Bertz CT molecular complexity index is 510. The first kappa shape index (κ1) is 17.9. The van der Waals surface area contributed by atoms with Crippen LogP contribution >= 0.6 is 11.3 Å². The number of carbonyl (C=O) groups is 2. The van der Waals surface area contributed by atoms with Gasteiger partial charge in [0.05, 0.1) is 4.88 Å². The van der Waals surface area contributed by atoms with Crippen molar-refractivity contribution in [2.24, 2.45) is 5.92 Å². The van der Waals surface area contributed by atoms with Crippen LogP contribution in [0.2, 0.25) is 0 Å². The number of hydrogen-bond donors (Lipinski definition) is 2. The summed E-state index contributed by atoms with van der Waals surface area (Å²) in [6, 6.07) is 3.38. The van der Waals surface area contributed by atoms with Crippen molar-refractivity contribution in [3.8, 4) is 0 Å². The van der Waals surface area contributed by atoms with Gasteiger partial charge in [0.2, 0.25) is 5.91 Å². The first-order chi connectivity index (χ1) is 11.0. The second-order valence-corrected chi connectivity index (χ2v) is 7.43. The van der Waals surface area contributed by atoms with E-state index in [0.717, 1.165) is 19.0 Å². The van der Waals surface area contributed by atoms with E-state index in [1.54, 1.807) is 13.0 Å². The summed E-state index contributed by atoms with van der Waals surface area (Å²) in [5, 5.41) is 7.53. The quantitative estimate of drug-likeness (QED) is 0.836. The van der Waals surface area contributed by atoms with E-state index in [9.17, 15) is 9.59 Å². The van der Waals surface area contributed by atoms with Crippen LogP contribution < -0.4 is 10.6 Å². The Balaban J connectivity index is 1.72. The third kappa shape index (κ3) is 5.32. The molecule has 5 nitrogen and oxygen atoms in total. The molecule has 2 atom stereocenters. The molecule has 0 aromatic carbocycles. The number of nitrogens with zero attached hydrogens (tertiary/aromatic N) is 1. The summed E-state index contributed by atoms with van der Waals surface area (Å²) >= 11 is 1.37. The molecule has 0 spiro atoms. The fourth-order valence-corrected chi connectivity index (χ4v) is 3.37. The van der Waals surface area contributed by atoms with Gasteiger partial charge >= 0.3 is 0 Å². The highest BCUT2D eigenvalue weighted by molar-refractivity contribution is 7.12. The fourth-order valence-electron chi connectivity index (χ4n) is 2.74. The van der Waals surface area contributed by atoms with Gasteiger partial charge in [-0.15, -0.1) is 11.3 Å². The topological polar surface area (TPSA) is 61.4 Å². The molecule has 0 bridgehead atoms. The summed E-state index contributed by atoms with van der Waals surface area (Å²) in [5.41, 5.74) is 0. The average Bonchev–Trinajstić information content (AvgIpc) is 3.07. The van der Waals surface area contributed by atoms with Crippen LogP contribution in [0, 0.1) is 5.92 Å². The Kier molecular flexibility index (Phi) is 6.59. The third-order valence-electron chi connectivity index (χ3n) is 4.50. The van der Waals surface area contributed by atoms with E-state index >= 15 is 0 Å². The van der Waals surface area contributed by atoms with Crippen LogP contribution in [0.5, 0.6) is 0 Å². The zero-order chi connectivity index (χ0) is 16.8. The zero-order valence-electron chi connectivity index (χ0n) is 14.2. The van der Waals surface area contributed by atoms with Gasteiger partial charge in [0.1, 0.15) is 6.04 Å². The lowest BCUT2D eigenvalue weighted by Gasteiger charge is -2.35. The summed E-state index contributed by atoms with van der Waals surface area (Å²) in [7, 11) is 0. The van der Waals surface area contributed by atoms with Gasteiger partial charge in [-0.1, -0.05) is 13.0 Å². The van der Waals surface area contributed by atoms with Gasteiger partial charge < -0.3 is 10.6 Å². The van der Waals surface area contributed by atoms with E-state index in [2.05, 4.69) is 29.4 Å². The molecule has 0 radical (unpaired) electrons. The van der Waals surface area contributed by atoms with Crippen LogP contribution in [0.4, 0.5) is 0 Å². The maximum atomic E-state index is 12.1. The lowest BCUT2D eigenvalue weighted by Crippen LogP contribution is -2.50. The first-order valence-corrected chi connectivity index (χ1v) is 9.21. The van der Waals surface area contributed by atoms with Crippen molar-refractivity contribution in [2.75, 3.05) is 19.6 Å². The van der Waals surface area contributed by atoms with E-state index in [1.807, 2.05) is 11.4 Å².